The van der Waals surface area contributed by atoms with Crippen molar-refractivity contribution in [1.82, 2.24) is 4.31 Å². The van der Waals surface area contributed by atoms with Crippen molar-refractivity contribution in [2.45, 2.75) is 50.6 Å². The Bertz CT molecular complexity index is 545. The number of benzene rings is 1. The number of sulfonamides is 1. The van der Waals surface area contributed by atoms with E-state index in [2.05, 4.69) is 0 Å². The molecule has 0 radical (unpaired) electrons. The molecule has 1 aliphatic carbocycles. The van der Waals surface area contributed by atoms with Crippen molar-refractivity contribution < 1.29 is 8.42 Å². The third kappa shape index (κ3) is 4.05. The van der Waals surface area contributed by atoms with Gasteiger partial charge in [0.1, 0.15) is 0 Å². The average Bonchev–Trinajstić information content (AvgIpc) is 2.47. The van der Waals surface area contributed by atoms with Crippen LogP contribution >= 0.6 is 0 Å². The highest BCUT2D eigenvalue weighted by Crippen LogP contribution is 2.25. The molecule has 4 nitrogen and oxygen atoms in total. The summed E-state index contributed by atoms with van der Waals surface area (Å²) in [7, 11) is -1.60. The number of hydrogen-bond donors (Lipinski definition) is 1. The summed E-state index contributed by atoms with van der Waals surface area (Å²) in [6, 6.07) is 9.70. The largest absolute Gasteiger partial charge is 0.326 e. The molecule has 0 aromatic heterocycles. The van der Waals surface area contributed by atoms with Crippen molar-refractivity contribution in [3.05, 3.63) is 35.9 Å². The molecule has 3 atom stereocenters. The van der Waals surface area contributed by atoms with Crippen molar-refractivity contribution in [2.24, 2.45) is 5.73 Å². The Kier molecular flexibility index (Phi) is 5.41. The Balaban J connectivity index is 2.07. The highest BCUT2D eigenvalue weighted by atomic mass is 32.2. The lowest BCUT2D eigenvalue weighted by molar-refractivity contribution is 0.252. The Morgan fingerprint density at radius 2 is 1.86 bits per heavy atom. The first-order valence-electron chi connectivity index (χ1n) is 7.68. The van der Waals surface area contributed by atoms with Crippen molar-refractivity contribution in [2.75, 3.05) is 12.8 Å². The molecule has 1 saturated carbocycles. The summed E-state index contributed by atoms with van der Waals surface area (Å²) in [6.45, 7) is 1.96. The molecule has 118 valence electrons. The fraction of sp³-hybridized carbons (Fsp3) is 0.625. The van der Waals surface area contributed by atoms with Gasteiger partial charge in [0.2, 0.25) is 10.0 Å². The summed E-state index contributed by atoms with van der Waals surface area (Å²) >= 11 is 0. The van der Waals surface area contributed by atoms with Crippen LogP contribution in [0.1, 0.15) is 44.1 Å². The molecule has 0 saturated heterocycles. The van der Waals surface area contributed by atoms with Gasteiger partial charge in [0.15, 0.2) is 0 Å². The summed E-state index contributed by atoms with van der Waals surface area (Å²) in [6.07, 6.45) is 3.95. The molecule has 0 spiro atoms. The van der Waals surface area contributed by atoms with Crippen molar-refractivity contribution >= 4 is 10.0 Å². The van der Waals surface area contributed by atoms with Gasteiger partial charge in [-0.05, 0) is 24.3 Å². The van der Waals surface area contributed by atoms with Gasteiger partial charge in [0, 0.05) is 19.1 Å². The zero-order valence-corrected chi connectivity index (χ0v) is 13.7. The maximum atomic E-state index is 12.6. The van der Waals surface area contributed by atoms with E-state index >= 15 is 0 Å². The average molecular weight is 310 g/mol. The van der Waals surface area contributed by atoms with Gasteiger partial charge in [0.05, 0.1) is 5.75 Å². The second-order valence-electron chi connectivity index (χ2n) is 6.12. The van der Waals surface area contributed by atoms with Gasteiger partial charge in [0.25, 0.3) is 0 Å². The number of nitrogens with two attached hydrogens (primary N) is 1. The molecule has 5 heteroatoms. The van der Waals surface area contributed by atoms with Gasteiger partial charge in [-0.25, -0.2) is 12.7 Å². The summed E-state index contributed by atoms with van der Waals surface area (Å²) in [5.74, 6) is 0.120. The molecule has 0 aliphatic heterocycles. The smallest absolute Gasteiger partial charge is 0.214 e. The maximum absolute atomic E-state index is 12.6. The van der Waals surface area contributed by atoms with Gasteiger partial charge < -0.3 is 5.73 Å². The molecule has 1 aromatic rings. The van der Waals surface area contributed by atoms with E-state index in [9.17, 15) is 8.42 Å². The number of likely N-dealkylation sites (N-methyl/N-ethyl adjacent to an activating group) is 1. The Morgan fingerprint density at radius 1 is 1.24 bits per heavy atom. The van der Waals surface area contributed by atoms with E-state index < -0.39 is 10.0 Å². The van der Waals surface area contributed by atoms with Gasteiger partial charge in [-0.1, -0.05) is 50.1 Å². The number of rotatable bonds is 5. The molecule has 2 N–H and O–H groups in total. The minimum Gasteiger partial charge on any atom is -0.326 e. The van der Waals surface area contributed by atoms with Crippen LogP contribution in [-0.2, 0) is 10.0 Å². The first-order valence-corrected chi connectivity index (χ1v) is 9.29. The first-order chi connectivity index (χ1) is 9.92. The molecule has 0 amide bonds. The van der Waals surface area contributed by atoms with Crippen LogP contribution in [0.25, 0.3) is 0 Å². The Labute approximate surface area is 128 Å². The Hall–Kier alpha value is -0.910. The van der Waals surface area contributed by atoms with Gasteiger partial charge >= 0.3 is 0 Å². The van der Waals surface area contributed by atoms with Crippen LogP contribution in [0.4, 0.5) is 0 Å². The van der Waals surface area contributed by atoms with E-state index in [1.165, 1.54) is 4.31 Å². The van der Waals surface area contributed by atoms with Gasteiger partial charge in [-0.2, -0.15) is 0 Å². The normalized spacial score (nSPS) is 25.0. The SMILES string of the molecule is CC(CS(=O)(=O)N(C)C1CCCCC1N)c1ccccc1. The molecular formula is C16H26N2O2S. The Morgan fingerprint density at radius 3 is 2.48 bits per heavy atom. The van der Waals surface area contributed by atoms with E-state index in [1.54, 1.807) is 7.05 Å². The van der Waals surface area contributed by atoms with E-state index in [1.807, 2.05) is 37.3 Å². The molecule has 1 fully saturated rings. The van der Waals surface area contributed by atoms with Crippen molar-refractivity contribution in [3.8, 4) is 0 Å². The minimum absolute atomic E-state index is 0.0153. The molecule has 0 heterocycles. The highest BCUT2D eigenvalue weighted by molar-refractivity contribution is 7.89. The maximum Gasteiger partial charge on any atom is 0.214 e. The van der Waals surface area contributed by atoms with Crippen LogP contribution in [0, 0.1) is 0 Å². The zero-order valence-electron chi connectivity index (χ0n) is 12.9. The van der Waals surface area contributed by atoms with Gasteiger partial charge in [-0.3, -0.25) is 0 Å². The fourth-order valence-corrected chi connectivity index (χ4v) is 4.84. The summed E-state index contributed by atoms with van der Waals surface area (Å²) in [4.78, 5) is 0. The summed E-state index contributed by atoms with van der Waals surface area (Å²) < 4.78 is 26.8. The van der Waals surface area contributed by atoms with Crippen LogP contribution < -0.4 is 5.73 Å². The van der Waals surface area contributed by atoms with Crippen LogP contribution in [0.2, 0.25) is 0 Å². The monoisotopic (exact) mass is 310 g/mol. The van der Waals surface area contributed by atoms with Gasteiger partial charge in [-0.15, -0.1) is 0 Å². The third-order valence-electron chi connectivity index (χ3n) is 4.52. The third-order valence-corrected chi connectivity index (χ3v) is 6.59. The fourth-order valence-electron chi connectivity index (χ4n) is 3.11. The topological polar surface area (TPSA) is 63.4 Å². The second kappa shape index (κ2) is 6.90. The molecule has 2 rings (SSSR count). The second-order valence-corrected chi connectivity index (χ2v) is 8.20. The lowest BCUT2D eigenvalue weighted by Crippen LogP contribution is -2.50. The van der Waals surface area contributed by atoms with Crippen LogP contribution in [0.15, 0.2) is 30.3 Å². The predicted octanol–water partition coefficient (Wildman–Crippen LogP) is 2.32. The molecule has 3 unspecified atom stereocenters. The van der Waals surface area contributed by atoms with Crippen LogP contribution in [-0.4, -0.2) is 37.6 Å². The molecule has 1 aliphatic rings. The lowest BCUT2D eigenvalue weighted by Gasteiger charge is -2.35. The molecular weight excluding hydrogens is 284 g/mol. The van der Waals surface area contributed by atoms with E-state index in [0.29, 0.717) is 0 Å². The standard InChI is InChI=1S/C16H26N2O2S/c1-13(14-8-4-3-5-9-14)12-21(19,20)18(2)16-11-7-6-10-15(16)17/h3-5,8-9,13,15-16H,6-7,10-12,17H2,1-2H3. The summed E-state index contributed by atoms with van der Waals surface area (Å²) in [5, 5.41) is 0. The van der Waals surface area contributed by atoms with Crippen molar-refractivity contribution in [3.63, 3.8) is 0 Å². The summed E-state index contributed by atoms with van der Waals surface area (Å²) in [5.41, 5.74) is 7.17. The van der Waals surface area contributed by atoms with E-state index in [0.717, 1.165) is 31.2 Å². The van der Waals surface area contributed by atoms with E-state index in [4.69, 9.17) is 5.73 Å². The number of hydrogen-bond acceptors (Lipinski definition) is 3. The molecule has 21 heavy (non-hydrogen) atoms. The quantitative estimate of drug-likeness (QED) is 0.908. The van der Waals surface area contributed by atoms with Crippen LogP contribution in [0.3, 0.4) is 0 Å². The number of nitrogens with zero attached hydrogens (tertiary/aromatic N) is 1. The van der Waals surface area contributed by atoms with Crippen LogP contribution in [0.5, 0.6) is 0 Å². The van der Waals surface area contributed by atoms with E-state index in [-0.39, 0.29) is 23.8 Å². The zero-order chi connectivity index (χ0) is 15.5. The molecule has 0 bridgehead atoms. The van der Waals surface area contributed by atoms with Crippen molar-refractivity contribution in [1.29, 1.82) is 0 Å². The highest BCUT2D eigenvalue weighted by Gasteiger charge is 2.33. The first kappa shape index (κ1) is 16.5. The minimum atomic E-state index is -3.29. The lowest BCUT2D eigenvalue weighted by atomic mass is 9.91. The predicted molar refractivity (Wildman–Crippen MR) is 86.6 cm³/mol. The molecule has 1 aromatic carbocycles.